The van der Waals surface area contributed by atoms with Crippen molar-refractivity contribution in [2.45, 2.75) is 38.9 Å². The molecule has 1 fully saturated rings. The van der Waals surface area contributed by atoms with E-state index in [9.17, 15) is 9.90 Å². The summed E-state index contributed by atoms with van der Waals surface area (Å²) in [5.74, 6) is 2.51. The average molecular weight is 404 g/mol. The summed E-state index contributed by atoms with van der Waals surface area (Å²) in [4.78, 5) is 22.7. The largest absolute Gasteiger partial charge is 0.492 e. The Morgan fingerprint density at radius 1 is 1.32 bits per heavy atom. The zero-order valence-corrected chi connectivity index (χ0v) is 16.4. The van der Waals surface area contributed by atoms with Gasteiger partial charge < -0.3 is 19.5 Å². The zero-order valence-electron chi connectivity index (χ0n) is 15.7. The maximum Gasteiger partial charge on any atom is 0.170 e. The van der Waals surface area contributed by atoms with Gasteiger partial charge in [-0.3, -0.25) is 4.79 Å². The Balaban J connectivity index is 1.42. The van der Waals surface area contributed by atoms with Crippen molar-refractivity contribution in [1.82, 2.24) is 9.97 Å². The third-order valence-electron chi connectivity index (χ3n) is 5.13. The normalized spacial score (nSPS) is 17.2. The van der Waals surface area contributed by atoms with Gasteiger partial charge in [-0.05, 0) is 25.1 Å². The topological polar surface area (TPSA) is 84.8 Å². The first-order valence-electron chi connectivity index (χ1n) is 9.40. The van der Waals surface area contributed by atoms with Gasteiger partial charge >= 0.3 is 0 Å². The number of fused-ring (bicyclic) bond motifs is 1. The number of benzene rings is 1. The first kappa shape index (κ1) is 19.0. The number of Topliss-reactive ketones (excluding diaryl/α,β-unsaturated/α-hetero) is 1. The molecular weight excluding hydrogens is 382 g/mol. The van der Waals surface area contributed by atoms with Crippen molar-refractivity contribution < 1.29 is 19.4 Å². The van der Waals surface area contributed by atoms with Gasteiger partial charge in [0.15, 0.2) is 11.6 Å². The minimum atomic E-state index is -0.243. The highest BCUT2D eigenvalue weighted by atomic mass is 35.5. The molecule has 0 saturated carbocycles. The predicted molar refractivity (Wildman–Crippen MR) is 104 cm³/mol. The van der Waals surface area contributed by atoms with Crippen molar-refractivity contribution in [3.05, 3.63) is 40.3 Å². The molecule has 0 amide bonds. The predicted octanol–water partition coefficient (Wildman–Crippen LogP) is 2.94. The van der Waals surface area contributed by atoms with Crippen LogP contribution < -0.4 is 14.4 Å². The van der Waals surface area contributed by atoms with Crippen molar-refractivity contribution in [3.63, 3.8) is 0 Å². The smallest absolute Gasteiger partial charge is 0.170 e. The van der Waals surface area contributed by atoms with Gasteiger partial charge in [-0.25, -0.2) is 9.97 Å². The molecule has 0 unspecified atom stereocenters. The van der Waals surface area contributed by atoms with Crippen LogP contribution in [0.2, 0.25) is 5.15 Å². The van der Waals surface area contributed by atoms with Gasteiger partial charge in [0.2, 0.25) is 0 Å². The minimum Gasteiger partial charge on any atom is -0.492 e. The Hall–Kier alpha value is -2.38. The maximum atomic E-state index is 12.1. The van der Waals surface area contributed by atoms with Gasteiger partial charge in [-0.1, -0.05) is 11.6 Å². The summed E-state index contributed by atoms with van der Waals surface area (Å²) in [5.41, 5.74) is 1.41. The SMILES string of the molecule is Cc1c(Cl)nc(CO)nc1N1CCC(Oc2ccc3c(c2)C(=O)CCO3)CC1. The van der Waals surface area contributed by atoms with E-state index >= 15 is 0 Å². The third-order valence-corrected chi connectivity index (χ3v) is 5.50. The highest BCUT2D eigenvalue weighted by Gasteiger charge is 2.25. The standard InChI is InChI=1S/C20H22ClN3O4/c1-12-19(21)22-18(11-25)23-20(12)24-7-4-13(5-8-24)28-14-2-3-17-15(10-14)16(26)6-9-27-17/h2-3,10,13,25H,4-9,11H2,1H3. The fraction of sp³-hybridized carbons (Fsp3) is 0.450. The van der Waals surface area contributed by atoms with Crippen LogP contribution >= 0.6 is 11.6 Å². The fourth-order valence-corrected chi connectivity index (χ4v) is 3.77. The quantitative estimate of drug-likeness (QED) is 0.785. The van der Waals surface area contributed by atoms with Crippen LogP contribution in [0.5, 0.6) is 11.5 Å². The number of carbonyl (C=O) groups is 1. The number of carbonyl (C=O) groups excluding carboxylic acids is 1. The van der Waals surface area contributed by atoms with Crippen LogP contribution in [0.25, 0.3) is 0 Å². The van der Waals surface area contributed by atoms with Crippen LogP contribution in [0.3, 0.4) is 0 Å². The van der Waals surface area contributed by atoms with E-state index in [2.05, 4.69) is 14.9 Å². The van der Waals surface area contributed by atoms with Crippen molar-refractivity contribution in [2.75, 3.05) is 24.6 Å². The van der Waals surface area contributed by atoms with Crippen LogP contribution in [0.1, 0.15) is 41.0 Å². The van der Waals surface area contributed by atoms with Crippen molar-refractivity contribution in [1.29, 1.82) is 0 Å². The second-order valence-corrected chi connectivity index (χ2v) is 7.38. The number of hydrogen-bond acceptors (Lipinski definition) is 7. The Morgan fingerprint density at radius 2 is 2.11 bits per heavy atom. The van der Waals surface area contributed by atoms with E-state index in [-0.39, 0.29) is 18.5 Å². The van der Waals surface area contributed by atoms with Crippen molar-refractivity contribution in [3.8, 4) is 11.5 Å². The molecule has 8 heteroatoms. The average Bonchev–Trinajstić information content (AvgIpc) is 2.71. The summed E-state index contributed by atoms with van der Waals surface area (Å²) < 4.78 is 11.6. The molecular formula is C20H22ClN3O4. The highest BCUT2D eigenvalue weighted by Crippen LogP contribution is 2.31. The summed E-state index contributed by atoms with van der Waals surface area (Å²) in [7, 11) is 0. The number of aliphatic hydroxyl groups is 1. The Labute approximate surface area is 168 Å². The number of piperidine rings is 1. The summed E-state index contributed by atoms with van der Waals surface area (Å²) in [6, 6.07) is 5.44. The van der Waals surface area contributed by atoms with Crippen LogP contribution in [-0.2, 0) is 6.61 Å². The Morgan fingerprint density at radius 3 is 2.86 bits per heavy atom. The van der Waals surface area contributed by atoms with Gasteiger partial charge in [0.05, 0.1) is 12.2 Å². The van der Waals surface area contributed by atoms with E-state index in [0.29, 0.717) is 41.1 Å². The number of anilines is 1. The molecule has 4 rings (SSSR count). The summed E-state index contributed by atoms with van der Waals surface area (Å²) in [5, 5.41) is 9.70. The van der Waals surface area contributed by atoms with Gasteiger partial charge in [0, 0.05) is 37.9 Å². The second kappa shape index (κ2) is 7.93. The van der Waals surface area contributed by atoms with E-state index < -0.39 is 0 Å². The molecule has 1 aromatic carbocycles. The monoisotopic (exact) mass is 403 g/mol. The zero-order chi connectivity index (χ0) is 19.7. The molecule has 3 heterocycles. The number of ketones is 1. The molecule has 0 atom stereocenters. The van der Waals surface area contributed by atoms with Crippen molar-refractivity contribution >= 4 is 23.2 Å². The number of halogens is 1. The van der Waals surface area contributed by atoms with Gasteiger partial charge in [0.1, 0.15) is 35.2 Å². The molecule has 0 aliphatic carbocycles. The van der Waals surface area contributed by atoms with Crippen LogP contribution in [-0.4, -0.2) is 46.7 Å². The van der Waals surface area contributed by atoms with Gasteiger partial charge in [-0.2, -0.15) is 0 Å². The molecule has 2 aromatic rings. The van der Waals surface area contributed by atoms with Gasteiger partial charge in [-0.15, -0.1) is 0 Å². The van der Waals surface area contributed by atoms with E-state index in [1.165, 1.54) is 0 Å². The van der Waals surface area contributed by atoms with E-state index in [4.69, 9.17) is 21.1 Å². The molecule has 1 N–H and O–H groups in total. The molecule has 148 valence electrons. The molecule has 0 bridgehead atoms. The number of hydrogen-bond donors (Lipinski definition) is 1. The highest BCUT2D eigenvalue weighted by molar-refractivity contribution is 6.30. The summed E-state index contributed by atoms with van der Waals surface area (Å²) >= 11 is 6.17. The van der Waals surface area contributed by atoms with Crippen LogP contribution in [0, 0.1) is 6.92 Å². The number of rotatable bonds is 4. The Bertz CT molecular complexity index is 897. The first-order valence-corrected chi connectivity index (χ1v) is 9.78. The summed E-state index contributed by atoms with van der Waals surface area (Å²) in [6.07, 6.45) is 2.10. The van der Waals surface area contributed by atoms with Crippen LogP contribution in [0.4, 0.5) is 5.82 Å². The number of aromatic nitrogens is 2. The van der Waals surface area contributed by atoms with Crippen LogP contribution in [0.15, 0.2) is 18.2 Å². The third kappa shape index (κ3) is 3.77. The van der Waals surface area contributed by atoms with E-state index in [1.807, 2.05) is 13.0 Å². The van der Waals surface area contributed by atoms with E-state index in [1.54, 1.807) is 12.1 Å². The minimum absolute atomic E-state index is 0.0591. The molecule has 28 heavy (non-hydrogen) atoms. The van der Waals surface area contributed by atoms with Gasteiger partial charge in [0.25, 0.3) is 0 Å². The molecule has 0 spiro atoms. The molecule has 2 aliphatic heterocycles. The van der Waals surface area contributed by atoms with E-state index in [0.717, 1.165) is 37.3 Å². The molecule has 1 saturated heterocycles. The number of ether oxygens (including phenoxy) is 2. The second-order valence-electron chi connectivity index (χ2n) is 7.02. The fourth-order valence-electron chi connectivity index (χ4n) is 3.59. The molecule has 7 nitrogen and oxygen atoms in total. The lowest BCUT2D eigenvalue weighted by molar-refractivity contribution is 0.0931. The molecule has 1 aromatic heterocycles. The Kier molecular flexibility index (Phi) is 5.37. The lowest BCUT2D eigenvalue weighted by atomic mass is 10.0. The number of aliphatic hydroxyl groups excluding tert-OH is 1. The van der Waals surface area contributed by atoms with Crippen molar-refractivity contribution in [2.24, 2.45) is 0 Å². The molecule has 0 radical (unpaired) electrons. The lowest BCUT2D eigenvalue weighted by Crippen LogP contribution is -2.39. The summed E-state index contributed by atoms with van der Waals surface area (Å²) in [6.45, 7) is 3.60. The number of nitrogens with zero attached hydrogens (tertiary/aromatic N) is 3. The maximum absolute atomic E-state index is 12.1. The molecule has 2 aliphatic rings. The first-order chi connectivity index (χ1) is 13.5. The lowest BCUT2D eigenvalue weighted by Gasteiger charge is -2.34.